The molecule has 0 bridgehead atoms. The van der Waals surface area contributed by atoms with Crippen molar-refractivity contribution in [2.24, 2.45) is 0 Å². The summed E-state index contributed by atoms with van der Waals surface area (Å²) in [5.41, 5.74) is -0.179. The van der Waals surface area contributed by atoms with E-state index in [2.05, 4.69) is 20.1 Å². The van der Waals surface area contributed by atoms with Gasteiger partial charge in [-0.05, 0) is 37.9 Å². The number of nitrogens with one attached hydrogen (secondary N) is 2. The number of alkyl halides is 2. The minimum Gasteiger partial charge on any atom is -0.395 e. The van der Waals surface area contributed by atoms with Crippen molar-refractivity contribution >= 4 is 24.0 Å². The Labute approximate surface area is 132 Å². The lowest BCUT2D eigenvalue weighted by Gasteiger charge is -2.26. The van der Waals surface area contributed by atoms with Gasteiger partial charge in [0.15, 0.2) is 11.5 Å². The Morgan fingerprint density at radius 3 is 2.73 bits per heavy atom. The van der Waals surface area contributed by atoms with E-state index in [0.29, 0.717) is 12.1 Å². The van der Waals surface area contributed by atoms with Crippen LogP contribution >= 0.6 is 12.4 Å². The lowest BCUT2D eigenvalue weighted by Crippen LogP contribution is -2.50. The Morgan fingerprint density at radius 2 is 2.09 bits per heavy atom. The molecule has 1 saturated heterocycles. The van der Waals surface area contributed by atoms with Crippen molar-refractivity contribution in [2.45, 2.75) is 38.0 Å². The third-order valence-corrected chi connectivity index (χ3v) is 3.94. The van der Waals surface area contributed by atoms with Crippen LogP contribution in [0.25, 0.3) is 0 Å². The number of fused-ring (bicyclic) bond motifs is 1. The number of ether oxygens (including phenoxy) is 2. The van der Waals surface area contributed by atoms with Crippen molar-refractivity contribution in [1.29, 1.82) is 0 Å². The number of amides is 1. The average Bonchev–Trinajstić information content (AvgIpc) is 3.01. The van der Waals surface area contributed by atoms with Crippen molar-refractivity contribution in [3.63, 3.8) is 0 Å². The maximum atomic E-state index is 13.0. The molecule has 1 aromatic rings. The molecule has 1 unspecified atom stereocenters. The first-order valence-corrected chi connectivity index (χ1v) is 6.90. The third-order valence-electron chi connectivity index (χ3n) is 3.94. The van der Waals surface area contributed by atoms with Crippen molar-refractivity contribution in [2.75, 3.05) is 11.9 Å². The van der Waals surface area contributed by atoms with E-state index in [1.54, 1.807) is 0 Å². The maximum absolute atomic E-state index is 13.0. The monoisotopic (exact) mass is 334 g/mol. The second-order valence-electron chi connectivity index (χ2n) is 5.25. The van der Waals surface area contributed by atoms with Gasteiger partial charge in [-0.15, -0.1) is 21.2 Å². The molecule has 122 valence electrons. The van der Waals surface area contributed by atoms with Crippen LogP contribution in [0.5, 0.6) is 11.5 Å². The molecule has 2 heterocycles. The molecule has 0 radical (unpaired) electrons. The second kappa shape index (κ2) is 5.89. The molecule has 0 spiro atoms. The Balaban J connectivity index is 0.00000176. The largest absolute Gasteiger partial charge is 0.586 e. The lowest BCUT2D eigenvalue weighted by atomic mass is 9.93. The van der Waals surface area contributed by atoms with Crippen molar-refractivity contribution in [1.82, 2.24) is 5.32 Å². The van der Waals surface area contributed by atoms with Crippen LogP contribution in [0.15, 0.2) is 18.2 Å². The summed E-state index contributed by atoms with van der Waals surface area (Å²) >= 11 is 0. The average molecular weight is 335 g/mol. The van der Waals surface area contributed by atoms with E-state index in [-0.39, 0.29) is 29.8 Å². The summed E-state index contributed by atoms with van der Waals surface area (Å²) in [7, 11) is 0. The quantitative estimate of drug-likeness (QED) is 0.892. The van der Waals surface area contributed by atoms with Gasteiger partial charge < -0.3 is 20.1 Å². The van der Waals surface area contributed by atoms with E-state index in [4.69, 9.17) is 0 Å². The molecule has 1 aromatic carbocycles. The molecule has 0 aliphatic carbocycles. The van der Waals surface area contributed by atoms with Crippen LogP contribution in [0.1, 0.15) is 26.2 Å². The van der Waals surface area contributed by atoms with Gasteiger partial charge in [-0.25, -0.2) is 0 Å². The third kappa shape index (κ3) is 2.96. The van der Waals surface area contributed by atoms with Crippen molar-refractivity contribution < 1.29 is 23.0 Å². The molecule has 22 heavy (non-hydrogen) atoms. The molecule has 5 nitrogen and oxygen atoms in total. The summed E-state index contributed by atoms with van der Waals surface area (Å²) in [4.78, 5) is 12.4. The van der Waals surface area contributed by atoms with Gasteiger partial charge >= 0.3 is 6.29 Å². The van der Waals surface area contributed by atoms with Gasteiger partial charge in [0.2, 0.25) is 5.91 Å². The molecule has 0 aromatic heterocycles. The van der Waals surface area contributed by atoms with Gasteiger partial charge in [0.1, 0.15) is 0 Å². The number of carbonyl (C=O) groups excluding carboxylic acids is 1. The molecule has 2 aliphatic rings. The van der Waals surface area contributed by atoms with E-state index in [1.807, 2.05) is 6.92 Å². The second-order valence-corrected chi connectivity index (χ2v) is 5.25. The van der Waals surface area contributed by atoms with Gasteiger partial charge in [0.25, 0.3) is 0 Å². The molecule has 2 N–H and O–H groups in total. The smallest absolute Gasteiger partial charge is 0.395 e. The van der Waals surface area contributed by atoms with E-state index >= 15 is 0 Å². The van der Waals surface area contributed by atoms with Gasteiger partial charge in [-0.1, -0.05) is 6.92 Å². The number of carbonyl (C=O) groups is 1. The van der Waals surface area contributed by atoms with Crippen LogP contribution in [-0.4, -0.2) is 24.3 Å². The Morgan fingerprint density at radius 1 is 1.36 bits per heavy atom. The molecule has 2 aliphatic heterocycles. The van der Waals surface area contributed by atoms with E-state index in [1.165, 1.54) is 18.2 Å². The van der Waals surface area contributed by atoms with E-state index in [0.717, 1.165) is 19.4 Å². The topological polar surface area (TPSA) is 59.6 Å². The highest BCUT2D eigenvalue weighted by atomic mass is 35.5. The van der Waals surface area contributed by atoms with Crippen LogP contribution in [-0.2, 0) is 4.79 Å². The highest BCUT2D eigenvalue weighted by molar-refractivity contribution is 5.98. The number of halogens is 3. The molecular formula is C14H17ClF2N2O3. The fraction of sp³-hybridized carbons (Fsp3) is 0.500. The van der Waals surface area contributed by atoms with Crippen LogP contribution in [0.2, 0.25) is 0 Å². The number of hydrogen-bond donors (Lipinski definition) is 2. The molecule has 0 saturated carbocycles. The zero-order chi connectivity index (χ0) is 15.1. The summed E-state index contributed by atoms with van der Waals surface area (Å²) in [5.74, 6) is -0.280. The van der Waals surface area contributed by atoms with Crippen molar-refractivity contribution in [3.8, 4) is 11.5 Å². The predicted molar refractivity (Wildman–Crippen MR) is 78.8 cm³/mol. The number of anilines is 1. The van der Waals surface area contributed by atoms with Gasteiger partial charge in [0.05, 0.1) is 5.54 Å². The lowest BCUT2D eigenvalue weighted by molar-refractivity contribution is -0.286. The summed E-state index contributed by atoms with van der Waals surface area (Å²) in [6, 6.07) is 4.21. The van der Waals surface area contributed by atoms with Crippen LogP contribution in [0.4, 0.5) is 14.5 Å². The summed E-state index contributed by atoms with van der Waals surface area (Å²) in [6.07, 6.45) is -1.28. The SMILES string of the molecule is CCC1(C(=O)Nc2ccc3c(c2)OC(F)(F)O3)CCCN1.Cl. The highest BCUT2D eigenvalue weighted by Gasteiger charge is 2.44. The Bertz CT molecular complexity index is 577. The molecule has 1 amide bonds. The fourth-order valence-electron chi connectivity index (χ4n) is 2.74. The van der Waals surface area contributed by atoms with E-state index < -0.39 is 11.8 Å². The molecule has 1 fully saturated rings. The molecule has 1 atom stereocenters. The Kier molecular flexibility index (Phi) is 4.49. The predicted octanol–water partition coefficient (Wildman–Crippen LogP) is 2.90. The van der Waals surface area contributed by atoms with Gasteiger partial charge in [-0.2, -0.15) is 0 Å². The number of hydrogen-bond acceptors (Lipinski definition) is 4. The summed E-state index contributed by atoms with van der Waals surface area (Å²) in [5, 5.41) is 5.97. The normalized spacial score (nSPS) is 24.7. The maximum Gasteiger partial charge on any atom is 0.586 e. The first kappa shape index (κ1) is 16.8. The van der Waals surface area contributed by atoms with Crippen LogP contribution in [0.3, 0.4) is 0 Å². The summed E-state index contributed by atoms with van der Waals surface area (Å²) < 4.78 is 34.6. The fourth-order valence-corrected chi connectivity index (χ4v) is 2.74. The summed E-state index contributed by atoms with van der Waals surface area (Å²) in [6.45, 7) is 2.74. The zero-order valence-electron chi connectivity index (χ0n) is 11.9. The molecule has 8 heteroatoms. The minimum atomic E-state index is -3.65. The van der Waals surface area contributed by atoms with Gasteiger partial charge in [0, 0.05) is 11.8 Å². The minimum absolute atomic E-state index is 0. The standard InChI is InChI=1S/C14H16F2N2O3.ClH/c1-2-13(6-3-7-17-13)12(19)18-9-4-5-10-11(8-9)21-14(15,16)20-10;/h4-5,8,17H,2-3,6-7H2,1H3,(H,18,19);1H. The zero-order valence-corrected chi connectivity index (χ0v) is 12.8. The van der Waals surface area contributed by atoms with Crippen LogP contribution in [0, 0.1) is 0 Å². The van der Waals surface area contributed by atoms with Gasteiger partial charge in [-0.3, -0.25) is 4.79 Å². The van der Waals surface area contributed by atoms with Crippen molar-refractivity contribution in [3.05, 3.63) is 18.2 Å². The molecular weight excluding hydrogens is 318 g/mol. The number of benzene rings is 1. The highest BCUT2D eigenvalue weighted by Crippen LogP contribution is 2.42. The molecule has 3 rings (SSSR count). The first-order chi connectivity index (χ1) is 9.94. The number of rotatable bonds is 3. The Hall–Kier alpha value is -1.60. The first-order valence-electron chi connectivity index (χ1n) is 6.90. The van der Waals surface area contributed by atoms with Crippen LogP contribution < -0.4 is 20.1 Å². The van der Waals surface area contributed by atoms with E-state index in [9.17, 15) is 13.6 Å².